The van der Waals surface area contributed by atoms with Crippen molar-refractivity contribution >= 4 is 39.5 Å². The minimum Gasteiger partial charge on any atom is -0.462 e. The van der Waals surface area contributed by atoms with Crippen molar-refractivity contribution in [3.05, 3.63) is 0 Å². The summed E-state index contributed by atoms with van der Waals surface area (Å²) in [4.78, 5) is 72.7. The fourth-order valence-corrected chi connectivity index (χ4v) is 13.3. The van der Waals surface area contributed by atoms with Gasteiger partial charge in [0, 0.05) is 25.7 Å². The molecule has 0 aliphatic rings. The number of carbonyl (C=O) groups excluding carboxylic acids is 4. The summed E-state index contributed by atoms with van der Waals surface area (Å²) in [5.41, 5.74) is 0. The summed E-state index contributed by atoms with van der Waals surface area (Å²) in [5, 5.41) is 10.6. The molecule has 0 rings (SSSR count). The Hall–Kier alpha value is -1.94. The number of esters is 4. The number of phosphoric ester groups is 2. The van der Waals surface area contributed by atoms with E-state index in [9.17, 15) is 43.2 Å². The van der Waals surface area contributed by atoms with Gasteiger partial charge in [-0.1, -0.05) is 349 Å². The topological polar surface area (TPSA) is 237 Å². The van der Waals surface area contributed by atoms with E-state index >= 15 is 0 Å². The number of rotatable bonds is 76. The molecule has 0 aromatic rings. The third-order valence-corrected chi connectivity index (χ3v) is 20.0. The van der Waals surface area contributed by atoms with Crippen LogP contribution in [0.15, 0.2) is 0 Å². The summed E-state index contributed by atoms with van der Waals surface area (Å²) < 4.78 is 68.5. The van der Waals surface area contributed by atoms with Crippen LogP contribution in [0, 0.1) is 5.92 Å². The lowest BCUT2D eigenvalue weighted by atomic mass is 9.99. The van der Waals surface area contributed by atoms with Gasteiger partial charge in [0.2, 0.25) is 0 Å². The van der Waals surface area contributed by atoms with Gasteiger partial charge < -0.3 is 33.8 Å². The van der Waals surface area contributed by atoms with Crippen LogP contribution in [-0.4, -0.2) is 96.7 Å². The first-order valence-corrected chi connectivity index (χ1v) is 42.7. The van der Waals surface area contributed by atoms with Gasteiger partial charge >= 0.3 is 39.5 Å². The SMILES string of the molecule is CCCCCCCCCCCCCCCCCCCCCC(=O)O[C@H](COC(=O)CCCCCCCCCCCCCCCCCC)COP(=O)(O)OC[C@@H](O)COP(=O)(O)OC[C@@H](COC(=O)CCCCCCCCCC)OC(=O)CCCCCCCCCCC(C)CC. The lowest BCUT2D eigenvalue weighted by Crippen LogP contribution is -2.30. The van der Waals surface area contributed by atoms with Gasteiger partial charge in [-0.15, -0.1) is 0 Å². The lowest BCUT2D eigenvalue weighted by Gasteiger charge is -2.21. The van der Waals surface area contributed by atoms with E-state index in [0.717, 1.165) is 102 Å². The van der Waals surface area contributed by atoms with E-state index in [1.165, 1.54) is 218 Å². The van der Waals surface area contributed by atoms with Crippen LogP contribution in [0.1, 0.15) is 401 Å². The molecule has 95 heavy (non-hydrogen) atoms. The molecule has 0 aromatic carbocycles. The second kappa shape index (κ2) is 69.2. The number of aliphatic hydroxyl groups excluding tert-OH is 1. The normalized spacial score (nSPS) is 14.2. The first kappa shape index (κ1) is 93.1. The molecule has 0 amide bonds. The standard InChI is InChI=1S/C76H148O17P2/c1-6-10-13-16-19-22-24-26-28-30-31-32-34-36-38-40-46-51-56-61-75(80)92-72(66-87-74(79)60-55-50-45-39-37-35-33-29-27-25-23-20-17-14-11-7-2)68-91-95(84,85)89-64-70(77)63-88-94(82,83)90-67-71(65-86-73(78)59-54-49-44-21-18-15-12-8-3)93-76(81)62-57-52-47-42-41-43-48-53-58-69(5)9-4/h69-72,77H,6-68H2,1-5H3,(H,82,83)(H,84,85)/t69?,70-,71+,72+/m0/s1. The Kier molecular flexibility index (Phi) is 67.7. The van der Waals surface area contributed by atoms with Crippen molar-refractivity contribution in [1.82, 2.24) is 0 Å². The molecule has 0 aliphatic heterocycles. The van der Waals surface area contributed by atoms with E-state index < -0.39 is 97.5 Å². The van der Waals surface area contributed by atoms with Gasteiger partial charge in [0.15, 0.2) is 12.2 Å². The van der Waals surface area contributed by atoms with Crippen molar-refractivity contribution in [3.63, 3.8) is 0 Å². The molecular weight excluding hydrogens is 1250 g/mol. The number of hydrogen-bond acceptors (Lipinski definition) is 15. The molecule has 564 valence electrons. The molecule has 0 saturated heterocycles. The fraction of sp³-hybridized carbons (Fsp3) is 0.947. The third kappa shape index (κ3) is 69.0. The maximum absolute atomic E-state index is 13.1. The largest absolute Gasteiger partial charge is 0.472 e. The van der Waals surface area contributed by atoms with Crippen LogP contribution < -0.4 is 0 Å². The highest BCUT2D eigenvalue weighted by molar-refractivity contribution is 7.47. The smallest absolute Gasteiger partial charge is 0.462 e. The predicted octanol–water partition coefficient (Wildman–Crippen LogP) is 22.5. The van der Waals surface area contributed by atoms with Crippen LogP contribution in [0.2, 0.25) is 0 Å². The van der Waals surface area contributed by atoms with E-state index in [2.05, 4.69) is 34.6 Å². The molecule has 0 bridgehead atoms. The average molecular weight is 1400 g/mol. The van der Waals surface area contributed by atoms with Crippen LogP contribution in [0.3, 0.4) is 0 Å². The van der Waals surface area contributed by atoms with E-state index in [1.54, 1.807) is 0 Å². The van der Waals surface area contributed by atoms with Crippen molar-refractivity contribution in [2.75, 3.05) is 39.6 Å². The number of hydrogen-bond donors (Lipinski definition) is 3. The van der Waals surface area contributed by atoms with E-state index in [0.29, 0.717) is 25.7 Å². The predicted molar refractivity (Wildman–Crippen MR) is 386 cm³/mol. The number of carbonyl (C=O) groups is 4. The summed E-state index contributed by atoms with van der Waals surface area (Å²) >= 11 is 0. The zero-order chi connectivity index (χ0) is 69.8. The first-order valence-electron chi connectivity index (χ1n) is 39.7. The molecule has 0 aromatic heterocycles. The number of unbranched alkanes of at least 4 members (excludes halogenated alkanes) is 47. The Morgan fingerprint density at radius 1 is 0.295 bits per heavy atom. The second-order valence-electron chi connectivity index (χ2n) is 27.6. The van der Waals surface area contributed by atoms with E-state index in [-0.39, 0.29) is 25.7 Å². The van der Waals surface area contributed by atoms with Gasteiger partial charge in [0.05, 0.1) is 26.4 Å². The maximum Gasteiger partial charge on any atom is 0.472 e. The van der Waals surface area contributed by atoms with Gasteiger partial charge in [-0.2, -0.15) is 0 Å². The Bertz CT molecular complexity index is 1820. The van der Waals surface area contributed by atoms with Crippen molar-refractivity contribution in [2.45, 2.75) is 419 Å². The molecular formula is C76H148O17P2. The Labute approximate surface area is 581 Å². The Morgan fingerprint density at radius 2 is 0.505 bits per heavy atom. The van der Waals surface area contributed by atoms with Crippen LogP contribution in [0.4, 0.5) is 0 Å². The molecule has 0 heterocycles. The molecule has 0 spiro atoms. The molecule has 0 fully saturated rings. The molecule has 0 aliphatic carbocycles. The zero-order valence-electron chi connectivity index (χ0n) is 61.8. The van der Waals surface area contributed by atoms with E-state index in [4.69, 9.17) is 37.0 Å². The van der Waals surface area contributed by atoms with Crippen LogP contribution in [0.25, 0.3) is 0 Å². The summed E-state index contributed by atoms with van der Waals surface area (Å²) in [7, 11) is -9.91. The van der Waals surface area contributed by atoms with Crippen molar-refractivity contribution in [2.24, 2.45) is 5.92 Å². The minimum atomic E-state index is -4.96. The monoisotopic (exact) mass is 1400 g/mol. The average Bonchev–Trinajstić information content (AvgIpc) is 3.57. The minimum absolute atomic E-state index is 0.105. The number of aliphatic hydroxyl groups is 1. The number of phosphoric acid groups is 2. The molecule has 17 nitrogen and oxygen atoms in total. The third-order valence-electron chi connectivity index (χ3n) is 18.1. The molecule has 3 unspecified atom stereocenters. The van der Waals surface area contributed by atoms with Crippen LogP contribution >= 0.6 is 15.6 Å². The van der Waals surface area contributed by atoms with Gasteiger partial charge in [-0.25, -0.2) is 9.13 Å². The summed E-state index contributed by atoms with van der Waals surface area (Å²) in [6.07, 6.45) is 58.3. The van der Waals surface area contributed by atoms with Crippen molar-refractivity contribution < 1.29 is 80.2 Å². The Balaban J connectivity index is 5.20. The van der Waals surface area contributed by atoms with Gasteiger partial charge in [-0.3, -0.25) is 37.3 Å². The summed E-state index contributed by atoms with van der Waals surface area (Å²) in [6.45, 7) is 7.26. The first-order chi connectivity index (χ1) is 46.1. The highest BCUT2D eigenvalue weighted by atomic mass is 31.2. The Morgan fingerprint density at radius 3 is 0.747 bits per heavy atom. The molecule has 0 radical (unpaired) electrons. The van der Waals surface area contributed by atoms with Gasteiger partial charge in [0.25, 0.3) is 0 Å². The highest BCUT2D eigenvalue weighted by Gasteiger charge is 2.30. The summed E-state index contributed by atoms with van der Waals surface area (Å²) in [6, 6.07) is 0. The van der Waals surface area contributed by atoms with Gasteiger partial charge in [0.1, 0.15) is 19.3 Å². The van der Waals surface area contributed by atoms with Crippen molar-refractivity contribution in [3.8, 4) is 0 Å². The van der Waals surface area contributed by atoms with Gasteiger partial charge in [-0.05, 0) is 31.6 Å². The van der Waals surface area contributed by atoms with Crippen LogP contribution in [0.5, 0.6) is 0 Å². The molecule has 6 atom stereocenters. The summed E-state index contributed by atoms with van der Waals surface area (Å²) in [5.74, 6) is -1.35. The van der Waals surface area contributed by atoms with E-state index in [1.807, 2.05) is 0 Å². The molecule has 3 N–H and O–H groups in total. The lowest BCUT2D eigenvalue weighted by molar-refractivity contribution is -0.161. The number of ether oxygens (including phenoxy) is 4. The fourth-order valence-electron chi connectivity index (χ4n) is 11.7. The molecule has 0 saturated carbocycles. The molecule has 19 heteroatoms. The van der Waals surface area contributed by atoms with Crippen molar-refractivity contribution in [1.29, 1.82) is 0 Å². The second-order valence-corrected chi connectivity index (χ2v) is 30.5. The maximum atomic E-state index is 13.1. The quantitative estimate of drug-likeness (QED) is 0.0222. The zero-order valence-corrected chi connectivity index (χ0v) is 63.6. The highest BCUT2D eigenvalue weighted by Crippen LogP contribution is 2.45. The van der Waals surface area contributed by atoms with Crippen LogP contribution in [-0.2, 0) is 65.4 Å².